The van der Waals surface area contributed by atoms with Gasteiger partial charge in [-0.3, -0.25) is 0 Å². The van der Waals surface area contributed by atoms with E-state index >= 15 is 0 Å². The first-order valence-corrected chi connectivity index (χ1v) is 5.37. The van der Waals surface area contributed by atoms with E-state index in [1.807, 2.05) is 12.1 Å². The number of nitrogens with two attached hydrogens (primary N) is 1. The van der Waals surface area contributed by atoms with Gasteiger partial charge >= 0.3 is 0 Å². The van der Waals surface area contributed by atoms with Gasteiger partial charge in [0.15, 0.2) is 0 Å². The van der Waals surface area contributed by atoms with Crippen LogP contribution in [0.5, 0.6) is 0 Å². The Hall–Kier alpha value is -0.800. The highest BCUT2D eigenvalue weighted by Gasteiger charge is 2.20. The zero-order valence-electron chi connectivity index (χ0n) is 8.41. The van der Waals surface area contributed by atoms with E-state index in [2.05, 4.69) is 5.32 Å². The molecule has 1 aromatic heterocycles. The van der Waals surface area contributed by atoms with Crippen molar-refractivity contribution in [3.05, 3.63) is 24.2 Å². The van der Waals surface area contributed by atoms with E-state index in [0.29, 0.717) is 12.1 Å². The summed E-state index contributed by atoms with van der Waals surface area (Å²) in [6.07, 6.45) is 6.62. The average Bonchev–Trinajstić information content (AvgIpc) is 2.69. The molecular formula is C11H18N2O. The van der Waals surface area contributed by atoms with Gasteiger partial charge in [0, 0.05) is 12.1 Å². The quantitative estimate of drug-likeness (QED) is 0.769. The third-order valence-corrected chi connectivity index (χ3v) is 2.94. The molecule has 0 aromatic carbocycles. The molecule has 1 fully saturated rings. The molecule has 1 aliphatic carbocycles. The minimum atomic E-state index is 0.318. The maximum atomic E-state index is 6.03. The lowest BCUT2D eigenvalue weighted by atomic mass is 9.91. The van der Waals surface area contributed by atoms with Crippen LogP contribution in [0.4, 0.5) is 0 Å². The Balaban J connectivity index is 1.79. The lowest BCUT2D eigenvalue weighted by molar-refractivity contribution is 0.317. The summed E-state index contributed by atoms with van der Waals surface area (Å²) in [5.74, 6) is 0.989. The first kappa shape index (κ1) is 9.74. The largest absolute Gasteiger partial charge is 0.468 e. The van der Waals surface area contributed by atoms with Crippen LogP contribution < -0.4 is 11.1 Å². The lowest BCUT2D eigenvalue weighted by Crippen LogP contribution is -2.46. The molecule has 0 saturated heterocycles. The average molecular weight is 194 g/mol. The topological polar surface area (TPSA) is 51.2 Å². The van der Waals surface area contributed by atoms with Gasteiger partial charge in [-0.25, -0.2) is 0 Å². The molecule has 2 rings (SSSR count). The van der Waals surface area contributed by atoms with Gasteiger partial charge in [0.25, 0.3) is 0 Å². The monoisotopic (exact) mass is 194 g/mol. The van der Waals surface area contributed by atoms with E-state index in [1.165, 1.54) is 19.3 Å². The van der Waals surface area contributed by atoms with Gasteiger partial charge in [0.05, 0.1) is 12.8 Å². The van der Waals surface area contributed by atoms with Crippen molar-refractivity contribution in [1.29, 1.82) is 0 Å². The van der Waals surface area contributed by atoms with E-state index in [-0.39, 0.29) is 0 Å². The molecule has 0 radical (unpaired) electrons. The van der Waals surface area contributed by atoms with Crippen LogP contribution >= 0.6 is 0 Å². The molecule has 3 nitrogen and oxygen atoms in total. The molecule has 0 bridgehead atoms. The molecule has 2 atom stereocenters. The predicted octanol–water partition coefficient (Wildman–Crippen LogP) is 1.64. The molecule has 0 spiro atoms. The molecule has 14 heavy (non-hydrogen) atoms. The van der Waals surface area contributed by atoms with Crippen molar-refractivity contribution in [3.63, 3.8) is 0 Å². The highest BCUT2D eigenvalue weighted by molar-refractivity contribution is 4.98. The number of hydrogen-bond donors (Lipinski definition) is 2. The first-order valence-electron chi connectivity index (χ1n) is 5.37. The second-order valence-electron chi connectivity index (χ2n) is 4.02. The van der Waals surface area contributed by atoms with Gasteiger partial charge in [-0.2, -0.15) is 0 Å². The highest BCUT2D eigenvalue weighted by Crippen LogP contribution is 2.17. The van der Waals surface area contributed by atoms with Crippen molar-refractivity contribution in [2.24, 2.45) is 5.73 Å². The Morgan fingerprint density at radius 2 is 2.29 bits per heavy atom. The van der Waals surface area contributed by atoms with Crippen LogP contribution in [-0.4, -0.2) is 12.1 Å². The molecule has 2 unspecified atom stereocenters. The van der Waals surface area contributed by atoms with Crippen molar-refractivity contribution in [1.82, 2.24) is 5.32 Å². The van der Waals surface area contributed by atoms with Gasteiger partial charge in [0.2, 0.25) is 0 Å². The van der Waals surface area contributed by atoms with Crippen LogP contribution in [0, 0.1) is 0 Å². The van der Waals surface area contributed by atoms with Crippen molar-refractivity contribution in [2.75, 3.05) is 0 Å². The van der Waals surface area contributed by atoms with E-state index < -0.39 is 0 Å². The van der Waals surface area contributed by atoms with Crippen molar-refractivity contribution >= 4 is 0 Å². The summed E-state index contributed by atoms with van der Waals surface area (Å²) in [6.45, 7) is 0.797. The van der Waals surface area contributed by atoms with Crippen LogP contribution in [0.3, 0.4) is 0 Å². The molecule has 3 heteroatoms. The van der Waals surface area contributed by atoms with Crippen LogP contribution in [0.15, 0.2) is 22.8 Å². The van der Waals surface area contributed by atoms with E-state index in [1.54, 1.807) is 6.26 Å². The van der Waals surface area contributed by atoms with Gasteiger partial charge in [0.1, 0.15) is 5.76 Å². The zero-order chi connectivity index (χ0) is 9.80. The fraction of sp³-hybridized carbons (Fsp3) is 0.636. The highest BCUT2D eigenvalue weighted by atomic mass is 16.3. The zero-order valence-corrected chi connectivity index (χ0v) is 8.41. The Morgan fingerprint density at radius 3 is 3.00 bits per heavy atom. The van der Waals surface area contributed by atoms with Crippen LogP contribution in [0.25, 0.3) is 0 Å². The second-order valence-corrected chi connectivity index (χ2v) is 4.02. The van der Waals surface area contributed by atoms with E-state index in [4.69, 9.17) is 10.2 Å². The maximum absolute atomic E-state index is 6.03. The molecule has 3 N–H and O–H groups in total. The maximum Gasteiger partial charge on any atom is 0.117 e. The Labute approximate surface area is 84.7 Å². The third-order valence-electron chi connectivity index (χ3n) is 2.94. The molecule has 1 aromatic rings. The SMILES string of the molecule is NC1CCCCC1NCc1ccco1. The normalized spacial score (nSPS) is 27.8. The standard InChI is InChI=1S/C11H18N2O/c12-10-5-1-2-6-11(10)13-8-9-4-3-7-14-9/h3-4,7,10-11,13H,1-2,5-6,8,12H2. The third kappa shape index (κ3) is 2.36. The second kappa shape index (κ2) is 4.62. The van der Waals surface area contributed by atoms with E-state index in [0.717, 1.165) is 18.7 Å². The summed E-state index contributed by atoms with van der Waals surface area (Å²) in [5.41, 5.74) is 6.03. The Morgan fingerprint density at radius 1 is 1.43 bits per heavy atom. The fourth-order valence-corrected chi connectivity index (χ4v) is 2.06. The van der Waals surface area contributed by atoms with Gasteiger partial charge < -0.3 is 15.5 Å². The van der Waals surface area contributed by atoms with Crippen LogP contribution in [-0.2, 0) is 6.54 Å². The van der Waals surface area contributed by atoms with Crippen molar-refractivity contribution in [2.45, 2.75) is 44.3 Å². The minimum Gasteiger partial charge on any atom is -0.468 e. The van der Waals surface area contributed by atoms with Crippen molar-refractivity contribution < 1.29 is 4.42 Å². The Bertz CT molecular complexity index is 258. The summed E-state index contributed by atoms with van der Waals surface area (Å²) < 4.78 is 5.26. The number of furan rings is 1. The predicted molar refractivity (Wildman–Crippen MR) is 55.8 cm³/mol. The molecular weight excluding hydrogens is 176 g/mol. The molecule has 78 valence electrons. The summed E-state index contributed by atoms with van der Waals surface area (Å²) >= 11 is 0. The van der Waals surface area contributed by atoms with Gasteiger partial charge in [-0.05, 0) is 25.0 Å². The molecule has 1 saturated carbocycles. The van der Waals surface area contributed by atoms with E-state index in [9.17, 15) is 0 Å². The molecule has 1 heterocycles. The number of nitrogens with one attached hydrogen (secondary N) is 1. The molecule has 1 aliphatic rings. The summed E-state index contributed by atoms with van der Waals surface area (Å²) in [4.78, 5) is 0. The Kier molecular flexibility index (Phi) is 3.22. The van der Waals surface area contributed by atoms with Gasteiger partial charge in [-0.1, -0.05) is 12.8 Å². The summed E-state index contributed by atoms with van der Waals surface area (Å²) in [6, 6.07) is 4.69. The summed E-state index contributed by atoms with van der Waals surface area (Å²) in [5, 5.41) is 3.46. The molecule has 0 aliphatic heterocycles. The summed E-state index contributed by atoms with van der Waals surface area (Å²) in [7, 11) is 0. The van der Waals surface area contributed by atoms with Crippen LogP contribution in [0.1, 0.15) is 31.4 Å². The van der Waals surface area contributed by atoms with Gasteiger partial charge in [-0.15, -0.1) is 0 Å². The lowest BCUT2D eigenvalue weighted by Gasteiger charge is -2.29. The number of hydrogen-bond acceptors (Lipinski definition) is 3. The fourth-order valence-electron chi connectivity index (χ4n) is 2.06. The molecule has 0 amide bonds. The first-order chi connectivity index (χ1) is 6.86. The van der Waals surface area contributed by atoms with Crippen LogP contribution in [0.2, 0.25) is 0 Å². The number of rotatable bonds is 3. The van der Waals surface area contributed by atoms with Crippen molar-refractivity contribution in [3.8, 4) is 0 Å². The smallest absolute Gasteiger partial charge is 0.117 e. The minimum absolute atomic E-state index is 0.318.